The van der Waals surface area contributed by atoms with E-state index >= 15 is 0 Å². The fourth-order valence-electron chi connectivity index (χ4n) is 4.05. The quantitative estimate of drug-likeness (QED) is 0.863. The molecule has 1 unspecified atom stereocenters. The number of nitriles is 1. The van der Waals surface area contributed by atoms with Crippen LogP contribution < -0.4 is 5.32 Å². The van der Waals surface area contributed by atoms with E-state index < -0.39 is 16.7 Å². The summed E-state index contributed by atoms with van der Waals surface area (Å²) < 4.78 is 13.5. The number of halogens is 1. The second-order valence-corrected chi connectivity index (χ2v) is 7.02. The zero-order valence-electron chi connectivity index (χ0n) is 14.0. The lowest BCUT2D eigenvalue weighted by Crippen LogP contribution is -2.53. The van der Waals surface area contributed by atoms with Gasteiger partial charge in [-0.05, 0) is 37.2 Å². The van der Waals surface area contributed by atoms with Crippen LogP contribution in [0.4, 0.5) is 4.48 Å². The van der Waals surface area contributed by atoms with Crippen molar-refractivity contribution in [3.05, 3.63) is 35.9 Å². The van der Waals surface area contributed by atoms with Crippen molar-refractivity contribution in [3.8, 4) is 6.07 Å². The first-order valence-electron chi connectivity index (χ1n) is 8.92. The van der Waals surface area contributed by atoms with Crippen molar-refractivity contribution in [3.63, 3.8) is 0 Å². The second kappa shape index (κ2) is 7.42. The number of nitrogens with one attached hydrogen (secondary N) is 1. The molecule has 5 heteroatoms. The molecule has 1 saturated heterocycles. The van der Waals surface area contributed by atoms with Crippen LogP contribution in [0.15, 0.2) is 30.3 Å². The Morgan fingerprint density at radius 2 is 1.92 bits per heavy atom. The molecular weight excluding hydrogens is 305 g/mol. The molecule has 1 saturated carbocycles. The summed E-state index contributed by atoms with van der Waals surface area (Å²) in [5.74, 6) is 0.0882. The average molecular weight is 330 g/mol. The minimum atomic E-state index is -1.21. The van der Waals surface area contributed by atoms with Gasteiger partial charge in [-0.25, -0.2) is 4.79 Å². The molecule has 1 amide bonds. The van der Waals surface area contributed by atoms with Gasteiger partial charge in [-0.1, -0.05) is 35.0 Å². The highest BCUT2D eigenvalue weighted by Gasteiger charge is 2.50. The summed E-state index contributed by atoms with van der Waals surface area (Å²) in [7, 11) is 0. The van der Waals surface area contributed by atoms with E-state index in [0.29, 0.717) is 18.8 Å². The summed E-state index contributed by atoms with van der Waals surface area (Å²) in [5, 5.41) is 12.3. The lowest BCUT2D eigenvalue weighted by atomic mass is 9.82. The second-order valence-electron chi connectivity index (χ2n) is 7.02. The molecule has 2 fully saturated rings. The predicted octanol–water partition coefficient (Wildman–Crippen LogP) is 3.22. The van der Waals surface area contributed by atoms with Crippen molar-refractivity contribution in [1.82, 2.24) is 5.32 Å². The molecule has 1 aromatic carbocycles. The molecule has 128 valence electrons. The Hall–Kier alpha value is -1.77. The summed E-state index contributed by atoms with van der Waals surface area (Å²) in [6.45, 7) is 0.162. The Labute approximate surface area is 142 Å². The summed E-state index contributed by atoms with van der Waals surface area (Å²) >= 11 is 0. The van der Waals surface area contributed by atoms with Gasteiger partial charge in [0.25, 0.3) is 0 Å². The van der Waals surface area contributed by atoms with Crippen molar-refractivity contribution in [2.45, 2.75) is 56.5 Å². The van der Waals surface area contributed by atoms with E-state index in [1.807, 2.05) is 12.1 Å². The van der Waals surface area contributed by atoms with Crippen molar-refractivity contribution in [2.75, 3.05) is 13.1 Å². The van der Waals surface area contributed by atoms with Gasteiger partial charge in [0.1, 0.15) is 19.2 Å². The standard InChI is InChI=1S/C19H25FN3O/c20-23(12-4-7-18(23)13-21)19(24)14-22-17-10-8-16(9-11-17)15-5-2-1-3-6-15/h1-3,5-6,16-18,22H,4,7-12,14H2/q+1/t16?,17?,18-,23?/m0/s1. The summed E-state index contributed by atoms with van der Waals surface area (Å²) in [4.78, 5) is 12.2. The molecule has 2 aliphatic rings. The number of benzene rings is 1. The first kappa shape index (κ1) is 17.1. The molecular formula is C19H25FN3O+. The maximum atomic E-state index is 14.7. The third-order valence-corrected chi connectivity index (χ3v) is 5.56. The first-order chi connectivity index (χ1) is 11.6. The molecule has 3 rings (SSSR count). The van der Waals surface area contributed by atoms with Crippen molar-refractivity contribution in [2.24, 2.45) is 0 Å². The lowest BCUT2D eigenvalue weighted by molar-refractivity contribution is -0.994. The van der Waals surface area contributed by atoms with Gasteiger partial charge in [0.05, 0.1) is 0 Å². The van der Waals surface area contributed by atoms with E-state index in [1.165, 1.54) is 5.56 Å². The zero-order valence-corrected chi connectivity index (χ0v) is 14.0. The SMILES string of the molecule is N#C[C@@H]1CCC[N+]1(F)C(=O)CNC1CCC(c2ccccc2)CC1. The van der Waals surface area contributed by atoms with E-state index in [1.54, 1.807) is 0 Å². The first-order valence-corrected chi connectivity index (χ1v) is 8.92. The Balaban J connectivity index is 1.47. The fraction of sp³-hybridized carbons (Fsp3) is 0.579. The number of nitrogens with zero attached hydrogens (tertiary/aromatic N) is 2. The molecule has 4 nitrogen and oxygen atoms in total. The third kappa shape index (κ3) is 3.50. The summed E-state index contributed by atoms with van der Waals surface area (Å²) in [6.07, 6.45) is 5.25. The maximum Gasteiger partial charge on any atom is 0.366 e. The van der Waals surface area contributed by atoms with E-state index in [2.05, 4.69) is 29.6 Å². The Morgan fingerprint density at radius 1 is 1.21 bits per heavy atom. The topological polar surface area (TPSA) is 52.9 Å². The van der Waals surface area contributed by atoms with Crippen LogP contribution in [-0.4, -0.2) is 35.8 Å². The molecule has 0 radical (unpaired) electrons. The van der Waals surface area contributed by atoms with Crippen LogP contribution in [-0.2, 0) is 4.79 Å². The van der Waals surface area contributed by atoms with E-state index in [-0.39, 0.29) is 19.1 Å². The van der Waals surface area contributed by atoms with Gasteiger partial charge >= 0.3 is 5.91 Å². The number of quaternary nitrogens is 1. The van der Waals surface area contributed by atoms with Crippen molar-refractivity contribution in [1.29, 1.82) is 5.26 Å². The highest BCUT2D eigenvalue weighted by molar-refractivity contribution is 5.71. The van der Waals surface area contributed by atoms with Crippen molar-refractivity contribution < 1.29 is 14.0 Å². The molecule has 1 aliphatic carbocycles. The van der Waals surface area contributed by atoms with Gasteiger partial charge < -0.3 is 5.32 Å². The fourth-order valence-corrected chi connectivity index (χ4v) is 4.05. The van der Waals surface area contributed by atoms with Gasteiger partial charge in [-0.3, -0.25) is 0 Å². The molecule has 0 aromatic heterocycles. The molecule has 1 N–H and O–H groups in total. The van der Waals surface area contributed by atoms with E-state index in [0.717, 1.165) is 25.7 Å². The van der Waals surface area contributed by atoms with Gasteiger partial charge in [0.15, 0.2) is 0 Å². The van der Waals surface area contributed by atoms with Crippen LogP contribution in [0.1, 0.15) is 50.0 Å². The number of amides is 1. The van der Waals surface area contributed by atoms with Crippen LogP contribution >= 0.6 is 0 Å². The number of carbonyl (C=O) groups is 1. The summed E-state index contributed by atoms with van der Waals surface area (Å²) in [5.41, 5.74) is 1.38. The maximum absolute atomic E-state index is 14.7. The minimum absolute atomic E-state index is 0.0232. The molecule has 1 aliphatic heterocycles. The number of rotatable bonds is 4. The highest BCUT2D eigenvalue weighted by atomic mass is 19.2. The number of likely N-dealkylation sites (tertiary alicyclic amines) is 1. The Kier molecular flexibility index (Phi) is 5.27. The molecule has 0 bridgehead atoms. The van der Waals surface area contributed by atoms with Crippen molar-refractivity contribution >= 4 is 5.91 Å². The predicted molar refractivity (Wildman–Crippen MR) is 89.3 cm³/mol. The molecule has 1 heterocycles. The monoisotopic (exact) mass is 330 g/mol. The Bertz CT molecular complexity index is 607. The normalized spacial score (nSPS) is 33.1. The zero-order chi connectivity index (χ0) is 17.0. The van der Waals surface area contributed by atoms with Crippen LogP contribution in [0.25, 0.3) is 0 Å². The largest absolute Gasteiger partial charge is 0.366 e. The highest BCUT2D eigenvalue weighted by Crippen LogP contribution is 2.33. The Morgan fingerprint density at radius 3 is 2.58 bits per heavy atom. The van der Waals surface area contributed by atoms with E-state index in [4.69, 9.17) is 5.26 Å². The third-order valence-electron chi connectivity index (χ3n) is 5.56. The van der Waals surface area contributed by atoms with Crippen LogP contribution in [0.3, 0.4) is 0 Å². The molecule has 1 aromatic rings. The molecule has 24 heavy (non-hydrogen) atoms. The summed E-state index contributed by atoms with van der Waals surface area (Å²) in [6, 6.07) is 11.9. The molecule has 2 atom stereocenters. The lowest BCUT2D eigenvalue weighted by Gasteiger charge is -2.30. The van der Waals surface area contributed by atoms with Crippen LogP contribution in [0, 0.1) is 11.3 Å². The average Bonchev–Trinajstić information content (AvgIpc) is 3.03. The minimum Gasteiger partial charge on any atom is -0.302 e. The molecule has 0 spiro atoms. The van der Waals surface area contributed by atoms with E-state index in [9.17, 15) is 9.28 Å². The van der Waals surface area contributed by atoms with Crippen LogP contribution in [0.5, 0.6) is 0 Å². The van der Waals surface area contributed by atoms with Gasteiger partial charge in [0, 0.05) is 23.4 Å². The van der Waals surface area contributed by atoms with Crippen LogP contribution in [0.2, 0.25) is 0 Å². The van der Waals surface area contributed by atoms with Gasteiger partial charge in [-0.15, -0.1) is 0 Å². The van der Waals surface area contributed by atoms with Gasteiger partial charge in [-0.2, -0.15) is 5.26 Å². The number of hydrogen-bond donors (Lipinski definition) is 1. The smallest absolute Gasteiger partial charge is 0.302 e. The van der Waals surface area contributed by atoms with Gasteiger partial charge in [0.2, 0.25) is 6.04 Å². The number of hydrogen-bond acceptors (Lipinski definition) is 3. The number of carbonyl (C=O) groups excluding carboxylic acids is 1.